The first kappa shape index (κ1) is 17.2. The van der Waals surface area contributed by atoms with E-state index in [0.29, 0.717) is 5.69 Å². The van der Waals surface area contributed by atoms with Gasteiger partial charge in [-0.15, -0.1) is 0 Å². The predicted molar refractivity (Wildman–Crippen MR) is 84.6 cm³/mol. The molecule has 0 bridgehead atoms. The van der Waals surface area contributed by atoms with Gasteiger partial charge in [0.05, 0.1) is 6.04 Å². The fourth-order valence-electron chi connectivity index (χ4n) is 2.00. The van der Waals surface area contributed by atoms with Gasteiger partial charge in [-0.05, 0) is 51.3 Å². The molecule has 0 aliphatic rings. The largest absolute Gasteiger partial charge is 0.443 e. The summed E-state index contributed by atoms with van der Waals surface area (Å²) in [6.07, 6.45) is 0.301. The van der Waals surface area contributed by atoms with E-state index in [1.54, 1.807) is 0 Å². The summed E-state index contributed by atoms with van der Waals surface area (Å²) in [7, 11) is 0. The van der Waals surface area contributed by atoms with Crippen molar-refractivity contribution >= 4 is 18.1 Å². The number of benzene rings is 1. The van der Waals surface area contributed by atoms with Gasteiger partial charge >= 0.3 is 6.09 Å². The van der Waals surface area contributed by atoms with Gasteiger partial charge in [-0.1, -0.05) is 26.0 Å². The Morgan fingerprint density at radius 1 is 1.29 bits per heavy atom. The molecule has 0 aromatic heterocycles. The van der Waals surface area contributed by atoms with Crippen LogP contribution in [0.4, 0.5) is 10.5 Å². The molecule has 0 saturated carbocycles. The highest BCUT2D eigenvalue weighted by Crippen LogP contribution is 2.24. The number of ether oxygens (including phenoxy) is 1. The van der Waals surface area contributed by atoms with E-state index in [4.69, 9.17) is 4.74 Å². The molecule has 4 nitrogen and oxygen atoms in total. The maximum absolute atomic E-state index is 12.5. The quantitative estimate of drug-likeness (QED) is 0.789. The van der Waals surface area contributed by atoms with E-state index in [9.17, 15) is 9.59 Å². The Balaban J connectivity index is 3.23. The lowest BCUT2D eigenvalue weighted by molar-refractivity contribution is -0.109. The van der Waals surface area contributed by atoms with Crippen LogP contribution in [-0.4, -0.2) is 24.0 Å². The van der Waals surface area contributed by atoms with Crippen LogP contribution < -0.4 is 4.90 Å². The highest BCUT2D eigenvalue weighted by molar-refractivity contribution is 5.92. The van der Waals surface area contributed by atoms with E-state index in [1.807, 2.05) is 65.8 Å². The Morgan fingerprint density at radius 2 is 1.90 bits per heavy atom. The number of amides is 1. The summed E-state index contributed by atoms with van der Waals surface area (Å²) in [5.41, 5.74) is 1.09. The summed E-state index contributed by atoms with van der Waals surface area (Å²) in [6.45, 7) is 11.2. The van der Waals surface area contributed by atoms with Gasteiger partial charge in [0.25, 0.3) is 0 Å². The first-order valence-corrected chi connectivity index (χ1v) is 7.20. The maximum Gasteiger partial charge on any atom is 0.415 e. The Labute approximate surface area is 127 Å². The van der Waals surface area contributed by atoms with Crippen LogP contribution in [0.15, 0.2) is 24.3 Å². The Hall–Kier alpha value is -1.84. The lowest BCUT2D eigenvalue weighted by atomic mass is 10.0. The van der Waals surface area contributed by atoms with Gasteiger partial charge in [-0.2, -0.15) is 0 Å². The second-order valence-corrected chi connectivity index (χ2v) is 6.56. The van der Waals surface area contributed by atoms with E-state index >= 15 is 0 Å². The van der Waals surface area contributed by atoms with Crippen molar-refractivity contribution in [1.82, 2.24) is 0 Å². The molecule has 0 N–H and O–H groups in total. The smallest absolute Gasteiger partial charge is 0.415 e. The average Bonchev–Trinajstić information content (AvgIpc) is 2.32. The van der Waals surface area contributed by atoms with Crippen LogP contribution in [0.5, 0.6) is 0 Å². The minimum absolute atomic E-state index is 0.00414. The fraction of sp³-hybridized carbons (Fsp3) is 0.529. The van der Waals surface area contributed by atoms with Crippen LogP contribution in [0, 0.1) is 12.8 Å². The van der Waals surface area contributed by atoms with Gasteiger partial charge in [-0.3, -0.25) is 4.90 Å². The van der Waals surface area contributed by atoms with Crippen molar-refractivity contribution in [3.8, 4) is 0 Å². The topological polar surface area (TPSA) is 46.6 Å². The minimum Gasteiger partial charge on any atom is -0.443 e. The number of carbonyl (C=O) groups is 2. The third-order valence-corrected chi connectivity index (χ3v) is 2.99. The first-order valence-electron chi connectivity index (χ1n) is 7.20. The Morgan fingerprint density at radius 3 is 2.33 bits per heavy atom. The molecule has 1 unspecified atom stereocenters. The summed E-state index contributed by atoms with van der Waals surface area (Å²) in [6, 6.07) is 6.95. The van der Waals surface area contributed by atoms with Crippen molar-refractivity contribution in [2.75, 3.05) is 4.90 Å². The van der Waals surface area contributed by atoms with Crippen molar-refractivity contribution in [2.24, 2.45) is 5.92 Å². The number of hydrogen-bond acceptors (Lipinski definition) is 3. The summed E-state index contributed by atoms with van der Waals surface area (Å²) in [5.74, 6) is -0.00414. The number of nitrogens with zero attached hydrogens (tertiary/aromatic N) is 1. The van der Waals surface area contributed by atoms with Gasteiger partial charge in [0.15, 0.2) is 0 Å². The normalized spacial score (nSPS) is 12.9. The van der Waals surface area contributed by atoms with Crippen LogP contribution >= 0.6 is 0 Å². The Kier molecular flexibility index (Phi) is 5.53. The molecule has 0 aliphatic carbocycles. The predicted octanol–water partition coefficient (Wildman–Crippen LogP) is 3.96. The third-order valence-electron chi connectivity index (χ3n) is 2.99. The zero-order valence-electron chi connectivity index (χ0n) is 13.7. The standard InChI is InChI=1S/C17H25NO3/c1-12(2)15(11-19)18(16(20)21-17(4,5)6)14-9-7-8-13(3)10-14/h7-12,15H,1-6H3. The zero-order chi connectivity index (χ0) is 16.2. The summed E-state index contributed by atoms with van der Waals surface area (Å²) < 4.78 is 5.46. The molecule has 0 heterocycles. The van der Waals surface area contributed by atoms with Crippen molar-refractivity contribution in [3.05, 3.63) is 29.8 Å². The monoisotopic (exact) mass is 291 g/mol. The van der Waals surface area contributed by atoms with Gasteiger partial charge in [0.2, 0.25) is 0 Å². The molecule has 21 heavy (non-hydrogen) atoms. The maximum atomic E-state index is 12.5. The number of anilines is 1. The van der Waals surface area contributed by atoms with Crippen molar-refractivity contribution in [3.63, 3.8) is 0 Å². The van der Waals surface area contributed by atoms with Gasteiger partial charge in [-0.25, -0.2) is 4.79 Å². The van der Waals surface area contributed by atoms with Crippen LogP contribution in [-0.2, 0) is 9.53 Å². The summed E-state index contributed by atoms with van der Waals surface area (Å²) in [5, 5.41) is 0. The van der Waals surface area contributed by atoms with Crippen LogP contribution in [0.3, 0.4) is 0 Å². The van der Waals surface area contributed by atoms with E-state index in [-0.39, 0.29) is 5.92 Å². The molecule has 1 rings (SSSR count). The van der Waals surface area contributed by atoms with Gasteiger partial charge in [0, 0.05) is 5.69 Å². The molecule has 0 fully saturated rings. The van der Waals surface area contributed by atoms with Crippen molar-refractivity contribution in [1.29, 1.82) is 0 Å². The van der Waals surface area contributed by atoms with Crippen LogP contribution in [0.1, 0.15) is 40.2 Å². The molecule has 0 saturated heterocycles. The van der Waals surface area contributed by atoms with Gasteiger partial charge < -0.3 is 9.53 Å². The first-order chi connectivity index (χ1) is 9.65. The van der Waals surface area contributed by atoms with E-state index < -0.39 is 17.7 Å². The molecule has 116 valence electrons. The summed E-state index contributed by atoms with van der Waals surface area (Å²) in [4.78, 5) is 25.4. The molecular weight excluding hydrogens is 266 g/mol. The molecule has 0 spiro atoms. The number of hydrogen-bond donors (Lipinski definition) is 0. The number of aldehydes is 1. The number of rotatable bonds is 4. The molecule has 4 heteroatoms. The van der Waals surface area contributed by atoms with E-state index in [0.717, 1.165) is 11.8 Å². The second-order valence-electron chi connectivity index (χ2n) is 6.56. The molecular formula is C17H25NO3. The van der Waals surface area contributed by atoms with E-state index in [1.165, 1.54) is 4.90 Å². The highest BCUT2D eigenvalue weighted by Gasteiger charge is 2.31. The molecule has 0 aliphatic heterocycles. The minimum atomic E-state index is -0.608. The van der Waals surface area contributed by atoms with Crippen molar-refractivity contribution in [2.45, 2.75) is 53.2 Å². The van der Waals surface area contributed by atoms with Crippen molar-refractivity contribution < 1.29 is 14.3 Å². The fourth-order valence-corrected chi connectivity index (χ4v) is 2.00. The Bertz CT molecular complexity index is 503. The third kappa shape index (κ3) is 4.88. The SMILES string of the molecule is Cc1cccc(N(C(=O)OC(C)(C)C)C(C=O)C(C)C)c1. The molecule has 1 atom stereocenters. The number of carbonyl (C=O) groups excluding carboxylic acids is 2. The molecule has 1 amide bonds. The lowest BCUT2D eigenvalue weighted by Crippen LogP contribution is -2.47. The van der Waals surface area contributed by atoms with E-state index in [2.05, 4.69) is 0 Å². The average molecular weight is 291 g/mol. The van der Waals surface area contributed by atoms with Crippen LogP contribution in [0.2, 0.25) is 0 Å². The zero-order valence-corrected chi connectivity index (χ0v) is 13.7. The number of aryl methyl sites for hydroxylation is 1. The molecule has 1 aromatic rings. The molecule has 1 aromatic carbocycles. The summed E-state index contributed by atoms with van der Waals surface area (Å²) >= 11 is 0. The lowest BCUT2D eigenvalue weighted by Gasteiger charge is -2.33. The molecule has 0 radical (unpaired) electrons. The van der Waals surface area contributed by atoms with Gasteiger partial charge in [0.1, 0.15) is 11.9 Å². The van der Waals surface area contributed by atoms with Crippen LogP contribution in [0.25, 0.3) is 0 Å². The highest BCUT2D eigenvalue weighted by atomic mass is 16.6. The second kappa shape index (κ2) is 6.74.